The van der Waals surface area contributed by atoms with Gasteiger partial charge in [-0.15, -0.1) is 0 Å². The Morgan fingerprint density at radius 1 is 1.20 bits per heavy atom. The molecular weight excluding hydrogens is 452 g/mol. The van der Waals surface area contributed by atoms with Crippen molar-refractivity contribution in [1.82, 2.24) is 19.8 Å². The van der Waals surface area contributed by atoms with Gasteiger partial charge in [0, 0.05) is 49.8 Å². The van der Waals surface area contributed by atoms with Crippen molar-refractivity contribution >= 4 is 23.4 Å². The van der Waals surface area contributed by atoms with Gasteiger partial charge >= 0.3 is 5.97 Å². The van der Waals surface area contributed by atoms with Gasteiger partial charge in [0.15, 0.2) is 0 Å². The molecule has 0 radical (unpaired) electrons. The molecule has 2 saturated heterocycles. The molecule has 0 unspecified atom stereocenters. The number of morpholine rings is 1. The molecule has 10 heteroatoms. The summed E-state index contributed by atoms with van der Waals surface area (Å²) >= 11 is 0. The smallest absolute Gasteiger partial charge is 0.354 e. The largest absolute Gasteiger partial charge is 0.507 e. The number of nitrogens with one attached hydrogen (secondary N) is 1. The summed E-state index contributed by atoms with van der Waals surface area (Å²) in [6.07, 6.45) is 3.85. The number of pyridine rings is 1. The molecule has 2 aromatic heterocycles. The lowest BCUT2D eigenvalue weighted by atomic mass is 9.94. The third-order valence-corrected chi connectivity index (χ3v) is 6.60. The molecule has 4 rings (SSSR count). The Hall–Kier alpha value is -3.50. The van der Waals surface area contributed by atoms with Gasteiger partial charge < -0.3 is 24.5 Å². The standard InChI is InChI=1S/C25H30N4O6/c1-15-18(16(2)27-20(15)25(33)34-3)22(30)19-21(17-5-7-26-8-6-17)29(24(32)23(19)31)10-4-9-28-11-13-35-14-12-28/h5-8,21,27,30H,4,9-14H2,1-3H3/t21-/m0/s1. The van der Waals surface area contributed by atoms with E-state index >= 15 is 0 Å². The summed E-state index contributed by atoms with van der Waals surface area (Å²) in [5.41, 5.74) is 2.11. The number of carbonyl (C=O) groups is 3. The van der Waals surface area contributed by atoms with Crippen LogP contribution < -0.4 is 0 Å². The van der Waals surface area contributed by atoms with Gasteiger partial charge in [0.1, 0.15) is 11.5 Å². The molecule has 2 N–H and O–H groups in total. The van der Waals surface area contributed by atoms with Gasteiger partial charge in [-0.2, -0.15) is 0 Å². The molecule has 10 nitrogen and oxygen atoms in total. The molecule has 0 aliphatic carbocycles. The molecule has 2 fully saturated rings. The molecular formula is C25H30N4O6. The van der Waals surface area contributed by atoms with Crippen molar-refractivity contribution in [3.63, 3.8) is 0 Å². The SMILES string of the molecule is COC(=O)c1[nH]c(C)c(C(O)=C2C(=O)C(=O)N(CCCN3CCOCC3)[C@H]2c2ccncc2)c1C. The first kappa shape index (κ1) is 24.6. The molecule has 2 aliphatic heterocycles. The van der Waals surface area contributed by atoms with E-state index in [-0.39, 0.29) is 17.0 Å². The number of esters is 1. The van der Waals surface area contributed by atoms with Crippen LogP contribution >= 0.6 is 0 Å². The molecule has 0 saturated carbocycles. The van der Waals surface area contributed by atoms with Crippen molar-refractivity contribution in [1.29, 1.82) is 0 Å². The van der Waals surface area contributed by atoms with E-state index in [1.807, 2.05) is 0 Å². The van der Waals surface area contributed by atoms with Gasteiger partial charge in [-0.25, -0.2) is 4.79 Å². The van der Waals surface area contributed by atoms with Crippen LogP contribution in [0.15, 0.2) is 30.1 Å². The lowest BCUT2D eigenvalue weighted by Gasteiger charge is -2.29. The lowest BCUT2D eigenvalue weighted by Crippen LogP contribution is -2.38. The number of aromatic nitrogens is 2. The fourth-order valence-corrected chi connectivity index (χ4v) is 4.84. The van der Waals surface area contributed by atoms with Gasteiger partial charge in [0.2, 0.25) is 0 Å². The average Bonchev–Trinajstić information content (AvgIpc) is 3.31. The number of rotatable bonds is 7. The first-order valence-electron chi connectivity index (χ1n) is 11.6. The van der Waals surface area contributed by atoms with Crippen molar-refractivity contribution in [3.8, 4) is 0 Å². The normalized spacial score (nSPS) is 20.4. The minimum absolute atomic E-state index is 0.00538. The number of aryl methyl sites for hydroxylation is 1. The van der Waals surface area contributed by atoms with Crippen LogP contribution in [-0.4, -0.2) is 89.0 Å². The van der Waals surface area contributed by atoms with Crippen LogP contribution in [0.25, 0.3) is 5.76 Å². The number of carbonyl (C=O) groups excluding carboxylic acids is 3. The topological polar surface area (TPSA) is 125 Å². The number of aliphatic hydroxyl groups is 1. The summed E-state index contributed by atoms with van der Waals surface area (Å²) in [6.45, 7) is 7.51. The highest BCUT2D eigenvalue weighted by Gasteiger charge is 2.46. The van der Waals surface area contributed by atoms with Crippen LogP contribution in [0.3, 0.4) is 0 Å². The van der Waals surface area contributed by atoms with Crippen LogP contribution in [0.5, 0.6) is 0 Å². The zero-order valence-corrected chi connectivity index (χ0v) is 20.2. The van der Waals surface area contributed by atoms with Crippen molar-refractivity contribution < 1.29 is 29.0 Å². The summed E-state index contributed by atoms with van der Waals surface area (Å²) in [7, 11) is 1.27. The summed E-state index contributed by atoms with van der Waals surface area (Å²) in [4.78, 5) is 49.3. The molecule has 1 atom stereocenters. The summed E-state index contributed by atoms with van der Waals surface area (Å²) in [5.74, 6) is -2.31. The van der Waals surface area contributed by atoms with Crippen LogP contribution in [0.1, 0.15) is 45.3 Å². The monoisotopic (exact) mass is 482 g/mol. The van der Waals surface area contributed by atoms with Gasteiger partial charge in [-0.1, -0.05) is 0 Å². The molecule has 35 heavy (non-hydrogen) atoms. The van der Waals surface area contributed by atoms with E-state index in [2.05, 4.69) is 14.9 Å². The summed E-state index contributed by atoms with van der Waals surface area (Å²) in [5, 5.41) is 11.4. The molecule has 2 aromatic rings. The zero-order chi connectivity index (χ0) is 25.1. The second-order valence-electron chi connectivity index (χ2n) is 8.70. The number of ketones is 1. The molecule has 2 aliphatic rings. The van der Waals surface area contributed by atoms with Crippen molar-refractivity contribution in [3.05, 3.63) is 58.2 Å². The molecule has 186 valence electrons. The van der Waals surface area contributed by atoms with Crippen molar-refractivity contribution in [2.24, 2.45) is 0 Å². The second kappa shape index (κ2) is 10.4. The number of hydrogen-bond donors (Lipinski definition) is 2. The number of aliphatic hydroxyl groups excluding tert-OH is 1. The van der Waals surface area contributed by atoms with E-state index in [0.717, 1.165) is 19.6 Å². The average molecular weight is 483 g/mol. The quantitative estimate of drug-likeness (QED) is 0.266. The second-order valence-corrected chi connectivity index (χ2v) is 8.70. The van der Waals surface area contributed by atoms with E-state index in [1.54, 1.807) is 38.4 Å². The maximum absolute atomic E-state index is 13.2. The maximum Gasteiger partial charge on any atom is 0.354 e. The highest BCUT2D eigenvalue weighted by Crippen LogP contribution is 2.40. The minimum Gasteiger partial charge on any atom is -0.507 e. The predicted octanol–water partition coefficient (Wildman–Crippen LogP) is 1.96. The van der Waals surface area contributed by atoms with Gasteiger partial charge in [-0.05, 0) is 43.5 Å². The first-order valence-corrected chi connectivity index (χ1v) is 11.6. The maximum atomic E-state index is 13.2. The fourth-order valence-electron chi connectivity index (χ4n) is 4.84. The highest BCUT2D eigenvalue weighted by molar-refractivity contribution is 6.46. The number of Topliss-reactive ketones (excluding diaryl/α,β-unsaturated/α-hetero) is 1. The van der Waals surface area contributed by atoms with Crippen LogP contribution in [0, 0.1) is 13.8 Å². The van der Waals surface area contributed by atoms with Crippen LogP contribution in [0.4, 0.5) is 0 Å². The Labute approximate surface area is 203 Å². The van der Waals surface area contributed by atoms with Crippen LogP contribution in [-0.2, 0) is 19.1 Å². The number of hydrogen-bond acceptors (Lipinski definition) is 8. The van der Waals surface area contributed by atoms with E-state index in [4.69, 9.17) is 9.47 Å². The number of H-pyrrole nitrogens is 1. The number of nitrogens with zero attached hydrogens (tertiary/aromatic N) is 3. The van der Waals surface area contributed by atoms with E-state index in [0.29, 0.717) is 48.6 Å². The van der Waals surface area contributed by atoms with E-state index < -0.39 is 23.7 Å². The molecule has 1 amide bonds. The van der Waals surface area contributed by atoms with Crippen molar-refractivity contribution in [2.75, 3.05) is 46.5 Å². The number of amides is 1. The number of likely N-dealkylation sites (tertiary alicyclic amines) is 1. The van der Waals surface area contributed by atoms with Gasteiger partial charge in [-0.3, -0.25) is 19.5 Å². The Morgan fingerprint density at radius 3 is 2.54 bits per heavy atom. The Bertz CT molecular complexity index is 1150. The highest BCUT2D eigenvalue weighted by atomic mass is 16.5. The summed E-state index contributed by atoms with van der Waals surface area (Å²) < 4.78 is 10.2. The number of aromatic amines is 1. The minimum atomic E-state index is -0.766. The number of methoxy groups -OCH3 is 1. The molecule has 0 aromatic carbocycles. The summed E-state index contributed by atoms with van der Waals surface area (Å²) in [6, 6.07) is 2.70. The first-order chi connectivity index (χ1) is 16.8. The molecule has 0 spiro atoms. The third-order valence-electron chi connectivity index (χ3n) is 6.60. The van der Waals surface area contributed by atoms with Gasteiger partial charge in [0.05, 0.1) is 31.9 Å². The van der Waals surface area contributed by atoms with E-state index in [1.165, 1.54) is 12.0 Å². The Morgan fingerprint density at radius 2 is 1.89 bits per heavy atom. The number of ether oxygens (including phenoxy) is 2. The van der Waals surface area contributed by atoms with Crippen molar-refractivity contribution in [2.45, 2.75) is 26.3 Å². The predicted molar refractivity (Wildman–Crippen MR) is 127 cm³/mol. The molecule has 4 heterocycles. The lowest BCUT2D eigenvalue weighted by molar-refractivity contribution is -0.140. The van der Waals surface area contributed by atoms with E-state index in [9.17, 15) is 19.5 Å². The Kier molecular flexibility index (Phi) is 7.32. The van der Waals surface area contributed by atoms with Crippen LogP contribution in [0.2, 0.25) is 0 Å². The third kappa shape index (κ3) is 4.71. The fraction of sp³-hybridized carbons (Fsp3) is 0.440. The molecule has 0 bridgehead atoms. The zero-order valence-electron chi connectivity index (χ0n) is 20.2. The van der Waals surface area contributed by atoms with Gasteiger partial charge in [0.25, 0.3) is 11.7 Å². The Balaban J connectivity index is 1.72.